The summed E-state index contributed by atoms with van der Waals surface area (Å²) in [6.45, 7) is 4.46. The number of carbonyl (C=O) groups is 2. The Hall–Kier alpha value is -1.11. The molecule has 0 bridgehead atoms. The molecule has 2 amide bonds. The number of hydrogen-bond acceptors (Lipinski definition) is 2. The maximum atomic E-state index is 12.1. The number of rotatable bonds is 3. The van der Waals surface area contributed by atoms with E-state index < -0.39 is 0 Å². The number of hydrogen-bond donors (Lipinski definition) is 1. The first-order valence-electron chi connectivity index (χ1n) is 6.33. The van der Waals surface area contributed by atoms with Crippen molar-refractivity contribution in [3.8, 4) is 0 Å². The van der Waals surface area contributed by atoms with Gasteiger partial charge in [-0.25, -0.2) is 0 Å². The molecule has 1 aromatic carbocycles. The molecule has 4 nitrogen and oxygen atoms in total. The quantitative estimate of drug-likeness (QED) is 0.829. The molecule has 1 heterocycles. The number of amides is 2. The first-order valence-corrected chi connectivity index (χ1v) is 7.41. The first kappa shape index (κ1) is 14.3. The van der Waals surface area contributed by atoms with Crippen molar-refractivity contribution in [1.82, 2.24) is 4.90 Å². The van der Waals surface area contributed by atoms with Crippen LogP contribution in [0.2, 0.25) is 0 Å². The van der Waals surface area contributed by atoms with Crippen molar-refractivity contribution in [2.75, 3.05) is 11.9 Å². The topological polar surface area (TPSA) is 49.4 Å². The van der Waals surface area contributed by atoms with E-state index in [0.717, 1.165) is 9.26 Å². The molecule has 1 saturated heterocycles. The first-order chi connectivity index (χ1) is 8.97. The molecule has 0 aliphatic carbocycles. The lowest BCUT2D eigenvalue weighted by molar-refractivity contribution is -0.129. The van der Waals surface area contributed by atoms with E-state index in [4.69, 9.17) is 0 Å². The molecule has 1 N–H and O–H groups in total. The van der Waals surface area contributed by atoms with Gasteiger partial charge in [-0.1, -0.05) is 6.07 Å². The second kappa shape index (κ2) is 5.90. The summed E-state index contributed by atoms with van der Waals surface area (Å²) in [6.07, 6.45) is 0.313. The van der Waals surface area contributed by atoms with Crippen LogP contribution in [-0.4, -0.2) is 29.3 Å². The third-order valence-corrected chi connectivity index (χ3v) is 3.92. The summed E-state index contributed by atoms with van der Waals surface area (Å²) in [4.78, 5) is 25.7. The SMILES string of the molecule is CC(C)N1CC(C(=O)Nc2cccc(I)c2)CC1=O. The van der Waals surface area contributed by atoms with Crippen LogP contribution in [0.25, 0.3) is 0 Å². The lowest BCUT2D eigenvalue weighted by atomic mass is 10.1. The van der Waals surface area contributed by atoms with Crippen LogP contribution in [-0.2, 0) is 9.59 Å². The van der Waals surface area contributed by atoms with Crippen LogP contribution in [0.15, 0.2) is 24.3 Å². The Bertz CT molecular complexity index is 502. The van der Waals surface area contributed by atoms with Crippen molar-refractivity contribution in [2.45, 2.75) is 26.3 Å². The van der Waals surface area contributed by atoms with Gasteiger partial charge in [0.15, 0.2) is 0 Å². The van der Waals surface area contributed by atoms with Gasteiger partial charge in [-0.15, -0.1) is 0 Å². The predicted molar refractivity (Wildman–Crippen MR) is 82.7 cm³/mol. The molecular formula is C14H17IN2O2. The summed E-state index contributed by atoms with van der Waals surface area (Å²) in [5.74, 6) is -0.246. The average Bonchev–Trinajstić information content (AvgIpc) is 2.71. The number of nitrogens with one attached hydrogen (secondary N) is 1. The van der Waals surface area contributed by atoms with Gasteiger partial charge in [-0.2, -0.15) is 0 Å². The number of anilines is 1. The fourth-order valence-corrected chi connectivity index (χ4v) is 2.76. The van der Waals surface area contributed by atoms with Crippen molar-refractivity contribution in [3.05, 3.63) is 27.8 Å². The zero-order valence-corrected chi connectivity index (χ0v) is 13.2. The number of benzene rings is 1. The highest BCUT2D eigenvalue weighted by atomic mass is 127. The highest BCUT2D eigenvalue weighted by molar-refractivity contribution is 14.1. The zero-order valence-electron chi connectivity index (χ0n) is 11.0. The van der Waals surface area contributed by atoms with Crippen LogP contribution in [0.5, 0.6) is 0 Å². The van der Waals surface area contributed by atoms with Gasteiger partial charge in [-0.3, -0.25) is 9.59 Å². The van der Waals surface area contributed by atoms with Crippen LogP contribution in [0, 0.1) is 9.49 Å². The van der Waals surface area contributed by atoms with Gasteiger partial charge in [0.25, 0.3) is 0 Å². The van der Waals surface area contributed by atoms with Crippen LogP contribution < -0.4 is 5.32 Å². The van der Waals surface area contributed by atoms with Crippen molar-refractivity contribution in [1.29, 1.82) is 0 Å². The average molecular weight is 372 g/mol. The Labute approximate surface area is 126 Å². The summed E-state index contributed by atoms with van der Waals surface area (Å²) >= 11 is 2.20. The monoisotopic (exact) mass is 372 g/mol. The second-order valence-electron chi connectivity index (χ2n) is 5.04. The van der Waals surface area contributed by atoms with Gasteiger partial charge in [0.2, 0.25) is 11.8 Å². The number of nitrogens with zero attached hydrogens (tertiary/aromatic N) is 1. The highest BCUT2D eigenvalue weighted by Crippen LogP contribution is 2.22. The van der Waals surface area contributed by atoms with E-state index in [2.05, 4.69) is 27.9 Å². The summed E-state index contributed by atoms with van der Waals surface area (Å²) in [5, 5.41) is 2.88. The summed E-state index contributed by atoms with van der Waals surface area (Å²) < 4.78 is 1.07. The van der Waals surface area contributed by atoms with Crippen LogP contribution in [0.3, 0.4) is 0 Å². The molecule has 1 unspecified atom stereocenters. The van der Waals surface area contributed by atoms with E-state index in [0.29, 0.717) is 13.0 Å². The molecule has 1 aliphatic rings. The zero-order chi connectivity index (χ0) is 14.0. The van der Waals surface area contributed by atoms with Crippen molar-refractivity contribution < 1.29 is 9.59 Å². The van der Waals surface area contributed by atoms with Gasteiger partial charge in [0, 0.05) is 28.3 Å². The van der Waals surface area contributed by atoms with E-state index in [9.17, 15) is 9.59 Å². The largest absolute Gasteiger partial charge is 0.339 e. The third kappa shape index (κ3) is 3.46. The van der Waals surface area contributed by atoms with Crippen LogP contribution in [0.4, 0.5) is 5.69 Å². The molecule has 19 heavy (non-hydrogen) atoms. The molecule has 1 atom stereocenters. The standard InChI is InChI=1S/C14H17IN2O2/c1-9(2)17-8-10(6-13(17)18)14(19)16-12-5-3-4-11(15)7-12/h3-5,7,9-10H,6,8H2,1-2H3,(H,16,19). The molecule has 1 fully saturated rings. The minimum absolute atomic E-state index is 0.0674. The van der Waals surface area contributed by atoms with E-state index >= 15 is 0 Å². The van der Waals surface area contributed by atoms with E-state index in [-0.39, 0.29) is 23.8 Å². The van der Waals surface area contributed by atoms with Gasteiger partial charge >= 0.3 is 0 Å². The lowest BCUT2D eigenvalue weighted by Crippen LogP contribution is -2.33. The van der Waals surface area contributed by atoms with E-state index in [1.807, 2.05) is 38.1 Å². The van der Waals surface area contributed by atoms with Crippen molar-refractivity contribution in [3.63, 3.8) is 0 Å². The normalized spacial score (nSPS) is 19.1. The fourth-order valence-electron chi connectivity index (χ4n) is 2.22. The Morgan fingerprint density at radius 1 is 1.47 bits per heavy atom. The molecule has 0 saturated carbocycles. The number of likely N-dealkylation sites (tertiary alicyclic amines) is 1. The second-order valence-corrected chi connectivity index (χ2v) is 6.29. The van der Waals surface area contributed by atoms with Gasteiger partial charge < -0.3 is 10.2 Å². The molecule has 0 radical (unpaired) electrons. The summed E-state index contributed by atoms with van der Waals surface area (Å²) in [5.41, 5.74) is 0.785. The van der Waals surface area contributed by atoms with Gasteiger partial charge in [-0.05, 0) is 54.6 Å². The fraction of sp³-hybridized carbons (Fsp3) is 0.429. The molecule has 1 aliphatic heterocycles. The Kier molecular flexibility index (Phi) is 4.44. The number of halogens is 1. The highest BCUT2D eigenvalue weighted by Gasteiger charge is 2.35. The molecule has 102 valence electrons. The third-order valence-electron chi connectivity index (χ3n) is 3.24. The molecule has 0 aromatic heterocycles. The molecule has 1 aromatic rings. The van der Waals surface area contributed by atoms with Crippen LogP contribution >= 0.6 is 22.6 Å². The maximum absolute atomic E-state index is 12.1. The Morgan fingerprint density at radius 3 is 2.79 bits per heavy atom. The van der Waals surface area contributed by atoms with E-state index in [1.165, 1.54) is 0 Å². The molecule has 5 heteroatoms. The smallest absolute Gasteiger partial charge is 0.229 e. The Balaban J connectivity index is 2.00. The molecular weight excluding hydrogens is 355 g/mol. The van der Waals surface area contributed by atoms with E-state index in [1.54, 1.807) is 4.90 Å². The molecule has 0 spiro atoms. The van der Waals surface area contributed by atoms with Gasteiger partial charge in [0.1, 0.15) is 0 Å². The lowest BCUT2D eigenvalue weighted by Gasteiger charge is -2.20. The Morgan fingerprint density at radius 2 is 2.21 bits per heavy atom. The maximum Gasteiger partial charge on any atom is 0.229 e. The summed E-state index contributed by atoms with van der Waals surface area (Å²) in [7, 11) is 0. The van der Waals surface area contributed by atoms with Crippen molar-refractivity contribution in [2.24, 2.45) is 5.92 Å². The van der Waals surface area contributed by atoms with Gasteiger partial charge in [0.05, 0.1) is 5.92 Å². The van der Waals surface area contributed by atoms with Crippen molar-refractivity contribution >= 4 is 40.1 Å². The van der Waals surface area contributed by atoms with Crippen LogP contribution in [0.1, 0.15) is 20.3 Å². The summed E-state index contributed by atoms with van der Waals surface area (Å²) in [6, 6.07) is 7.79. The minimum Gasteiger partial charge on any atom is -0.339 e. The predicted octanol–water partition coefficient (Wildman–Crippen LogP) is 2.49. The number of carbonyl (C=O) groups excluding carboxylic acids is 2. The molecule has 2 rings (SSSR count). The minimum atomic E-state index is -0.243.